The number of aryl methyl sites for hydroxylation is 2. The Balaban J connectivity index is 1.21. The first-order valence-electron chi connectivity index (χ1n) is 10.0. The summed E-state index contributed by atoms with van der Waals surface area (Å²) >= 11 is 0. The van der Waals surface area contributed by atoms with Crippen molar-refractivity contribution < 1.29 is 0 Å². The highest BCUT2D eigenvalue weighted by Gasteiger charge is 2.28. The van der Waals surface area contributed by atoms with Gasteiger partial charge < -0.3 is 4.57 Å². The molecule has 2 aliphatic heterocycles. The van der Waals surface area contributed by atoms with E-state index in [-0.39, 0.29) is 5.56 Å². The number of rotatable bonds is 5. The van der Waals surface area contributed by atoms with Crippen molar-refractivity contribution in [3.63, 3.8) is 0 Å². The lowest BCUT2D eigenvalue weighted by atomic mass is 10.00. The summed E-state index contributed by atoms with van der Waals surface area (Å²) in [4.78, 5) is 23.5. The Bertz CT molecular complexity index is 995. The zero-order valence-electron chi connectivity index (χ0n) is 15.9. The van der Waals surface area contributed by atoms with Crippen LogP contribution in [0, 0.1) is 5.92 Å². The van der Waals surface area contributed by atoms with Crippen LogP contribution in [0.3, 0.4) is 0 Å². The summed E-state index contributed by atoms with van der Waals surface area (Å²) in [6.07, 6.45) is 9.31. The molecular weight excluding hydrogens is 352 g/mol. The van der Waals surface area contributed by atoms with Gasteiger partial charge in [-0.3, -0.25) is 14.7 Å². The molecule has 2 aliphatic rings. The SMILES string of the molecule is O=c1ccc(-c2ccncc2)nn1CC1CN(Cc2cn3c(n2)CCCC3)C1. The van der Waals surface area contributed by atoms with Crippen molar-refractivity contribution in [1.29, 1.82) is 0 Å². The van der Waals surface area contributed by atoms with E-state index < -0.39 is 0 Å². The number of hydrogen-bond donors (Lipinski definition) is 0. The van der Waals surface area contributed by atoms with Crippen molar-refractivity contribution in [3.05, 3.63) is 64.7 Å². The highest BCUT2D eigenvalue weighted by molar-refractivity contribution is 5.56. The fraction of sp³-hybridized carbons (Fsp3) is 0.429. The summed E-state index contributed by atoms with van der Waals surface area (Å²) in [5, 5.41) is 4.56. The normalized spacial score (nSPS) is 17.3. The third-order valence-corrected chi connectivity index (χ3v) is 5.65. The van der Waals surface area contributed by atoms with Crippen LogP contribution in [0.5, 0.6) is 0 Å². The van der Waals surface area contributed by atoms with Crippen molar-refractivity contribution in [2.24, 2.45) is 5.92 Å². The molecule has 3 aromatic heterocycles. The van der Waals surface area contributed by atoms with Crippen molar-refractivity contribution >= 4 is 0 Å². The van der Waals surface area contributed by atoms with Crippen molar-refractivity contribution in [2.75, 3.05) is 13.1 Å². The van der Waals surface area contributed by atoms with Crippen LogP contribution in [0.4, 0.5) is 0 Å². The van der Waals surface area contributed by atoms with Gasteiger partial charge in [-0.05, 0) is 31.0 Å². The Morgan fingerprint density at radius 2 is 1.93 bits per heavy atom. The predicted molar refractivity (Wildman–Crippen MR) is 106 cm³/mol. The minimum absolute atomic E-state index is 0.0435. The number of likely N-dealkylation sites (tertiary alicyclic amines) is 1. The van der Waals surface area contributed by atoms with Crippen LogP contribution < -0.4 is 5.56 Å². The minimum atomic E-state index is -0.0435. The first-order chi connectivity index (χ1) is 13.7. The summed E-state index contributed by atoms with van der Waals surface area (Å²) < 4.78 is 3.91. The molecule has 0 spiro atoms. The summed E-state index contributed by atoms with van der Waals surface area (Å²) in [5.41, 5.74) is 2.91. The molecule has 0 radical (unpaired) electrons. The van der Waals surface area contributed by atoms with E-state index in [0.29, 0.717) is 12.5 Å². The lowest BCUT2D eigenvalue weighted by molar-refractivity contribution is 0.0755. The fourth-order valence-electron chi connectivity index (χ4n) is 4.20. The van der Waals surface area contributed by atoms with E-state index in [0.717, 1.165) is 43.9 Å². The molecule has 5 rings (SSSR count). The molecule has 7 heteroatoms. The third kappa shape index (κ3) is 3.49. The zero-order chi connectivity index (χ0) is 18.9. The van der Waals surface area contributed by atoms with Gasteiger partial charge in [0.25, 0.3) is 5.56 Å². The third-order valence-electron chi connectivity index (χ3n) is 5.65. The molecule has 7 nitrogen and oxygen atoms in total. The largest absolute Gasteiger partial charge is 0.335 e. The summed E-state index contributed by atoms with van der Waals surface area (Å²) in [7, 11) is 0. The molecule has 0 bridgehead atoms. The second kappa shape index (κ2) is 7.31. The minimum Gasteiger partial charge on any atom is -0.335 e. The predicted octanol–water partition coefficient (Wildman–Crippen LogP) is 1.97. The van der Waals surface area contributed by atoms with Crippen LogP contribution >= 0.6 is 0 Å². The van der Waals surface area contributed by atoms with Crippen LogP contribution in [0.15, 0.2) is 47.7 Å². The molecule has 0 N–H and O–H groups in total. The van der Waals surface area contributed by atoms with Gasteiger partial charge in [-0.15, -0.1) is 0 Å². The summed E-state index contributed by atoms with van der Waals surface area (Å²) in [6.45, 7) is 4.63. The molecule has 3 aromatic rings. The van der Waals surface area contributed by atoms with Crippen LogP contribution in [-0.4, -0.2) is 42.3 Å². The lowest BCUT2D eigenvalue weighted by Crippen LogP contribution is -2.48. The number of aromatic nitrogens is 5. The Labute approximate surface area is 163 Å². The number of fused-ring (bicyclic) bond motifs is 1. The molecule has 1 fully saturated rings. The quantitative estimate of drug-likeness (QED) is 0.681. The topological polar surface area (TPSA) is 68.8 Å². The second-order valence-electron chi connectivity index (χ2n) is 7.83. The fourth-order valence-corrected chi connectivity index (χ4v) is 4.20. The van der Waals surface area contributed by atoms with Gasteiger partial charge in [-0.25, -0.2) is 9.67 Å². The maximum Gasteiger partial charge on any atom is 0.266 e. The van der Waals surface area contributed by atoms with Gasteiger partial charge >= 0.3 is 0 Å². The Hall–Kier alpha value is -2.80. The van der Waals surface area contributed by atoms with E-state index in [2.05, 4.69) is 25.7 Å². The molecule has 0 aliphatic carbocycles. The zero-order valence-corrected chi connectivity index (χ0v) is 15.9. The van der Waals surface area contributed by atoms with Crippen LogP contribution in [-0.2, 0) is 26.1 Å². The van der Waals surface area contributed by atoms with E-state index in [1.54, 1.807) is 29.2 Å². The Kier molecular flexibility index (Phi) is 4.52. The van der Waals surface area contributed by atoms with Gasteiger partial charge in [0.05, 0.1) is 17.9 Å². The molecule has 1 saturated heterocycles. The van der Waals surface area contributed by atoms with Crippen molar-refractivity contribution in [3.8, 4) is 11.3 Å². The first-order valence-corrected chi connectivity index (χ1v) is 10.0. The molecule has 0 aromatic carbocycles. The maximum atomic E-state index is 12.2. The van der Waals surface area contributed by atoms with Gasteiger partial charge in [0, 0.05) is 68.7 Å². The number of imidazole rings is 1. The van der Waals surface area contributed by atoms with Crippen LogP contribution in [0.25, 0.3) is 11.3 Å². The second-order valence-corrected chi connectivity index (χ2v) is 7.83. The van der Waals surface area contributed by atoms with Gasteiger partial charge in [0.15, 0.2) is 0 Å². The van der Waals surface area contributed by atoms with Crippen LogP contribution in [0.2, 0.25) is 0 Å². The molecule has 5 heterocycles. The molecule has 28 heavy (non-hydrogen) atoms. The Morgan fingerprint density at radius 3 is 2.75 bits per heavy atom. The van der Waals surface area contributed by atoms with E-state index in [9.17, 15) is 4.79 Å². The van der Waals surface area contributed by atoms with E-state index in [1.807, 2.05) is 12.1 Å². The Morgan fingerprint density at radius 1 is 1.07 bits per heavy atom. The average molecular weight is 376 g/mol. The van der Waals surface area contributed by atoms with Crippen LogP contribution in [0.1, 0.15) is 24.4 Å². The lowest BCUT2D eigenvalue weighted by Gasteiger charge is -2.38. The van der Waals surface area contributed by atoms with Crippen molar-refractivity contribution in [1.82, 2.24) is 29.2 Å². The van der Waals surface area contributed by atoms with Gasteiger partial charge in [0.1, 0.15) is 5.82 Å². The van der Waals surface area contributed by atoms with E-state index >= 15 is 0 Å². The molecule has 144 valence electrons. The number of nitrogens with zero attached hydrogens (tertiary/aromatic N) is 6. The summed E-state index contributed by atoms with van der Waals surface area (Å²) in [6, 6.07) is 7.20. The van der Waals surface area contributed by atoms with Crippen molar-refractivity contribution in [2.45, 2.75) is 38.9 Å². The monoisotopic (exact) mass is 376 g/mol. The number of pyridine rings is 1. The molecular formula is C21H24N6O. The standard InChI is InChI=1S/C21H24N6O/c28-21-5-4-19(17-6-8-22-9-7-17)24-27(21)13-16-11-25(12-16)14-18-15-26-10-2-1-3-20(26)23-18/h4-9,15-16H,1-3,10-14H2. The first kappa shape index (κ1) is 17.3. The molecule has 0 atom stereocenters. The van der Waals surface area contributed by atoms with E-state index in [4.69, 9.17) is 4.98 Å². The highest BCUT2D eigenvalue weighted by atomic mass is 16.1. The maximum absolute atomic E-state index is 12.2. The number of hydrogen-bond acceptors (Lipinski definition) is 5. The molecule has 0 saturated carbocycles. The van der Waals surface area contributed by atoms with E-state index in [1.165, 1.54) is 24.4 Å². The molecule has 0 amide bonds. The highest BCUT2D eigenvalue weighted by Crippen LogP contribution is 2.22. The van der Waals surface area contributed by atoms with Gasteiger partial charge in [-0.2, -0.15) is 5.10 Å². The molecule has 0 unspecified atom stereocenters. The summed E-state index contributed by atoms with van der Waals surface area (Å²) in [5.74, 6) is 1.69. The smallest absolute Gasteiger partial charge is 0.266 e. The van der Waals surface area contributed by atoms with Gasteiger partial charge in [0.2, 0.25) is 0 Å². The van der Waals surface area contributed by atoms with Gasteiger partial charge in [-0.1, -0.05) is 0 Å². The average Bonchev–Trinajstić information content (AvgIpc) is 3.11.